The van der Waals surface area contributed by atoms with Crippen molar-refractivity contribution < 1.29 is 0 Å². The summed E-state index contributed by atoms with van der Waals surface area (Å²) in [6.45, 7) is 1.94. The molecule has 2 aromatic heterocycles. The van der Waals surface area contributed by atoms with Gasteiger partial charge in [0, 0.05) is 7.05 Å². The Labute approximate surface area is 89.3 Å². The summed E-state index contributed by atoms with van der Waals surface area (Å²) in [7, 11) is 1.93. The maximum atomic E-state index is 5.90. The monoisotopic (exact) mass is 288 g/mol. The molecule has 0 saturated carbocycles. The van der Waals surface area contributed by atoms with Crippen LogP contribution in [0.5, 0.6) is 0 Å². The Hall–Kier alpha value is -0.850. The molecule has 0 amide bonds. The van der Waals surface area contributed by atoms with E-state index in [4.69, 9.17) is 5.73 Å². The molecule has 68 valence electrons. The number of nitrogens with two attached hydrogens (primary N) is 1. The summed E-state index contributed by atoms with van der Waals surface area (Å²) in [5, 5.41) is 0. The number of rotatable bonds is 0. The van der Waals surface area contributed by atoms with Crippen LogP contribution in [0, 0.1) is 10.6 Å². The van der Waals surface area contributed by atoms with Crippen LogP contribution >= 0.6 is 22.6 Å². The average molecular weight is 288 g/mol. The highest BCUT2D eigenvalue weighted by molar-refractivity contribution is 14.1. The minimum atomic E-state index is 0.709. The van der Waals surface area contributed by atoms with Gasteiger partial charge in [-0.3, -0.25) is 0 Å². The lowest BCUT2D eigenvalue weighted by Crippen LogP contribution is -1.99. The van der Waals surface area contributed by atoms with Gasteiger partial charge < -0.3 is 10.3 Å². The molecule has 0 aliphatic heterocycles. The van der Waals surface area contributed by atoms with Crippen LogP contribution < -0.4 is 5.73 Å². The molecule has 0 atom stereocenters. The van der Waals surface area contributed by atoms with Gasteiger partial charge in [-0.2, -0.15) is 0 Å². The van der Waals surface area contributed by atoms with Crippen molar-refractivity contribution in [3.8, 4) is 0 Å². The molecule has 0 unspecified atom stereocenters. The Kier molecular flexibility index (Phi) is 1.90. The highest BCUT2D eigenvalue weighted by atomic mass is 127. The molecule has 4 nitrogen and oxygen atoms in total. The van der Waals surface area contributed by atoms with E-state index in [0.29, 0.717) is 5.69 Å². The summed E-state index contributed by atoms with van der Waals surface area (Å²) in [5.41, 5.74) is 9.39. The molecule has 0 aromatic carbocycles. The minimum Gasteiger partial charge on any atom is -0.395 e. The smallest absolute Gasteiger partial charge is 0.126 e. The highest BCUT2D eigenvalue weighted by Gasteiger charge is 2.10. The molecule has 2 N–H and O–H groups in total. The fourth-order valence-electron chi connectivity index (χ4n) is 1.37. The number of anilines is 1. The lowest BCUT2D eigenvalue weighted by Gasteiger charge is -2.03. The topological polar surface area (TPSA) is 56.7 Å². The van der Waals surface area contributed by atoms with Gasteiger partial charge in [0.2, 0.25) is 0 Å². The molecule has 0 bridgehead atoms. The number of aromatic nitrogens is 3. The molecule has 0 fully saturated rings. The van der Waals surface area contributed by atoms with E-state index in [1.165, 1.54) is 0 Å². The first kappa shape index (κ1) is 8.74. The van der Waals surface area contributed by atoms with E-state index < -0.39 is 0 Å². The number of hydrogen-bond acceptors (Lipinski definition) is 3. The van der Waals surface area contributed by atoms with Crippen molar-refractivity contribution >= 4 is 39.3 Å². The van der Waals surface area contributed by atoms with Crippen LogP contribution in [0.2, 0.25) is 0 Å². The Morgan fingerprint density at radius 2 is 2.23 bits per heavy atom. The summed E-state index contributed by atoms with van der Waals surface area (Å²) in [5.74, 6) is 0. The molecule has 0 saturated heterocycles. The van der Waals surface area contributed by atoms with E-state index in [1.54, 1.807) is 6.33 Å². The maximum Gasteiger partial charge on any atom is 0.126 e. The summed E-state index contributed by atoms with van der Waals surface area (Å²) in [6.07, 6.45) is 1.76. The number of pyridine rings is 1. The van der Waals surface area contributed by atoms with Crippen molar-refractivity contribution in [1.29, 1.82) is 0 Å². The van der Waals surface area contributed by atoms with Gasteiger partial charge in [-0.15, -0.1) is 0 Å². The highest BCUT2D eigenvalue weighted by Crippen LogP contribution is 2.24. The average Bonchev–Trinajstić information content (AvgIpc) is 2.44. The second-order valence-corrected chi connectivity index (χ2v) is 3.98. The zero-order valence-corrected chi connectivity index (χ0v) is 9.53. The van der Waals surface area contributed by atoms with Crippen LogP contribution in [0.1, 0.15) is 5.69 Å². The fraction of sp³-hybridized carbons (Fsp3) is 0.250. The van der Waals surface area contributed by atoms with Crippen molar-refractivity contribution in [3.05, 3.63) is 15.7 Å². The van der Waals surface area contributed by atoms with E-state index in [-0.39, 0.29) is 0 Å². The van der Waals surface area contributed by atoms with E-state index in [9.17, 15) is 0 Å². The zero-order chi connectivity index (χ0) is 9.59. The van der Waals surface area contributed by atoms with Crippen molar-refractivity contribution in [2.45, 2.75) is 6.92 Å². The number of aryl methyl sites for hydroxylation is 2. The normalized spacial score (nSPS) is 11.0. The number of hydrogen-bond donors (Lipinski definition) is 1. The predicted molar refractivity (Wildman–Crippen MR) is 60.4 cm³/mol. The summed E-state index contributed by atoms with van der Waals surface area (Å²) in [4.78, 5) is 8.54. The van der Waals surface area contributed by atoms with Crippen molar-refractivity contribution in [2.75, 3.05) is 5.73 Å². The van der Waals surface area contributed by atoms with E-state index in [2.05, 4.69) is 32.6 Å². The van der Waals surface area contributed by atoms with Crippen LogP contribution in [0.25, 0.3) is 11.0 Å². The lowest BCUT2D eigenvalue weighted by molar-refractivity contribution is 0.948. The molecule has 2 aromatic rings. The van der Waals surface area contributed by atoms with Crippen molar-refractivity contribution in [3.63, 3.8) is 0 Å². The van der Waals surface area contributed by atoms with E-state index >= 15 is 0 Å². The predicted octanol–water partition coefficient (Wildman–Crippen LogP) is 1.46. The standard InChI is InChI=1S/C8H9IN4/c1-4-6-7(13(2)3-11-6)5(10)8(9)12-4/h3H,10H2,1-2H3. The number of halogens is 1. The van der Waals surface area contributed by atoms with E-state index in [0.717, 1.165) is 20.4 Å². The van der Waals surface area contributed by atoms with Gasteiger partial charge in [0.15, 0.2) is 0 Å². The van der Waals surface area contributed by atoms with Crippen LogP contribution in [-0.4, -0.2) is 14.5 Å². The third-order valence-electron chi connectivity index (χ3n) is 2.02. The Bertz CT molecular complexity index is 474. The van der Waals surface area contributed by atoms with Gasteiger partial charge in [-0.1, -0.05) is 0 Å². The maximum absolute atomic E-state index is 5.90. The van der Waals surface area contributed by atoms with Crippen LogP contribution in [0.15, 0.2) is 6.33 Å². The van der Waals surface area contributed by atoms with Gasteiger partial charge in [0.25, 0.3) is 0 Å². The molecule has 0 spiro atoms. The molecule has 0 aliphatic carbocycles. The summed E-state index contributed by atoms with van der Waals surface area (Å²) >= 11 is 2.14. The second-order valence-electron chi connectivity index (χ2n) is 2.95. The number of nitrogen functional groups attached to an aromatic ring is 1. The third kappa shape index (κ3) is 1.18. The zero-order valence-electron chi connectivity index (χ0n) is 7.37. The summed E-state index contributed by atoms with van der Waals surface area (Å²) < 4.78 is 2.76. The molecular formula is C8H9IN4. The number of imidazole rings is 1. The quantitative estimate of drug-likeness (QED) is 0.590. The van der Waals surface area contributed by atoms with Gasteiger partial charge in [-0.25, -0.2) is 9.97 Å². The van der Waals surface area contributed by atoms with Crippen LogP contribution in [-0.2, 0) is 7.05 Å². The number of fused-ring (bicyclic) bond motifs is 1. The first-order valence-corrected chi connectivity index (χ1v) is 4.91. The SMILES string of the molecule is Cc1nc(I)c(N)c2c1ncn2C. The summed E-state index contributed by atoms with van der Waals surface area (Å²) in [6, 6.07) is 0. The lowest BCUT2D eigenvalue weighted by atomic mass is 10.3. The Morgan fingerprint density at radius 3 is 2.92 bits per heavy atom. The molecule has 2 heterocycles. The fourth-order valence-corrected chi connectivity index (χ4v) is 1.99. The van der Waals surface area contributed by atoms with E-state index in [1.807, 2.05) is 18.5 Å². The Balaban J connectivity index is 3.00. The molecule has 13 heavy (non-hydrogen) atoms. The number of nitrogens with zero attached hydrogens (tertiary/aromatic N) is 3. The molecule has 0 radical (unpaired) electrons. The first-order valence-electron chi connectivity index (χ1n) is 3.84. The Morgan fingerprint density at radius 1 is 1.54 bits per heavy atom. The van der Waals surface area contributed by atoms with Gasteiger partial charge in [0.1, 0.15) is 9.22 Å². The van der Waals surface area contributed by atoms with Crippen LogP contribution in [0.3, 0.4) is 0 Å². The van der Waals surface area contributed by atoms with Crippen molar-refractivity contribution in [2.24, 2.45) is 7.05 Å². The molecule has 0 aliphatic rings. The largest absolute Gasteiger partial charge is 0.395 e. The molecular weight excluding hydrogens is 279 g/mol. The van der Waals surface area contributed by atoms with Crippen LogP contribution in [0.4, 0.5) is 5.69 Å². The third-order valence-corrected chi connectivity index (χ3v) is 2.85. The molecule has 5 heteroatoms. The van der Waals surface area contributed by atoms with Crippen molar-refractivity contribution in [1.82, 2.24) is 14.5 Å². The first-order chi connectivity index (χ1) is 6.11. The minimum absolute atomic E-state index is 0.709. The van der Waals surface area contributed by atoms with Gasteiger partial charge in [0.05, 0.1) is 23.2 Å². The van der Waals surface area contributed by atoms with Gasteiger partial charge >= 0.3 is 0 Å². The van der Waals surface area contributed by atoms with Gasteiger partial charge in [-0.05, 0) is 29.5 Å². The second kappa shape index (κ2) is 2.83. The molecule has 2 rings (SSSR count).